The molecule has 1 aromatic carbocycles. The number of nitrogens with one attached hydrogen (secondary N) is 3. The highest BCUT2D eigenvalue weighted by atomic mass is 32.2. The molecule has 0 aliphatic heterocycles. The summed E-state index contributed by atoms with van der Waals surface area (Å²) in [5.41, 5.74) is 5.02. The normalized spacial score (nSPS) is 11.1. The summed E-state index contributed by atoms with van der Waals surface area (Å²) in [6.07, 6.45) is 1.37. The Kier molecular flexibility index (Phi) is 5.37. The smallest absolute Gasteiger partial charge is 0.273 e. The van der Waals surface area contributed by atoms with Crippen LogP contribution in [0, 0.1) is 6.92 Å². The lowest BCUT2D eigenvalue weighted by Crippen LogP contribution is -2.41. The fourth-order valence-corrected chi connectivity index (χ4v) is 2.97. The summed E-state index contributed by atoms with van der Waals surface area (Å²) in [4.78, 5) is 23.9. The third kappa shape index (κ3) is 4.00. The Balaban J connectivity index is 2.01. The molecule has 0 aliphatic carbocycles. The van der Waals surface area contributed by atoms with Crippen LogP contribution in [0.5, 0.6) is 0 Å². The average Bonchev–Trinajstić information content (AvgIpc) is 2.98. The minimum atomic E-state index is -3.57. The zero-order valence-corrected chi connectivity index (χ0v) is 13.9. The number of hydrazine groups is 1. The van der Waals surface area contributed by atoms with Crippen molar-refractivity contribution in [2.45, 2.75) is 18.7 Å². The molecule has 3 N–H and O–H groups in total. The van der Waals surface area contributed by atoms with Gasteiger partial charge < -0.3 is 4.42 Å². The lowest BCUT2D eigenvalue weighted by Gasteiger charge is -2.08. The van der Waals surface area contributed by atoms with E-state index in [9.17, 15) is 18.0 Å². The number of hydrogen-bond donors (Lipinski definition) is 3. The highest BCUT2D eigenvalue weighted by Gasteiger charge is 2.15. The predicted octanol–water partition coefficient (Wildman–Crippen LogP) is 0.961. The maximum absolute atomic E-state index is 12.0. The number of furan rings is 1. The van der Waals surface area contributed by atoms with Gasteiger partial charge in [-0.2, -0.15) is 0 Å². The molecule has 0 spiro atoms. The van der Waals surface area contributed by atoms with Crippen molar-refractivity contribution in [1.29, 1.82) is 0 Å². The second kappa shape index (κ2) is 7.28. The van der Waals surface area contributed by atoms with Gasteiger partial charge in [-0.3, -0.25) is 20.4 Å². The van der Waals surface area contributed by atoms with Crippen LogP contribution >= 0.6 is 0 Å². The number of carbonyl (C=O) groups excluding carboxylic acids is 2. The van der Waals surface area contributed by atoms with Crippen LogP contribution in [0.3, 0.4) is 0 Å². The van der Waals surface area contributed by atoms with Crippen molar-refractivity contribution in [3.63, 3.8) is 0 Å². The first-order valence-corrected chi connectivity index (χ1v) is 8.58. The van der Waals surface area contributed by atoms with Gasteiger partial charge in [0.1, 0.15) is 5.76 Å². The van der Waals surface area contributed by atoms with E-state index in [0.717, 1.165) is 0 Å². The van der Waals surface area contributed by atoms with Crippen LogP contribution in [0.1, 0.15) is 33.4 Å². The lowest BCUT2D eigenvalue weighted by atomic mass is 10.2. The molecule has 1 heterocycles. The molecule has 0 radical (unpaired) electrons. The molecule has 2 rings (SSSR count). The van der Waals surface area contributed by atoms with Gasteiger partial charge in [-0.05, 0) is 37.3 Å². The number of carbonyl (C=O) groups is 2. The van der Waals surface area contributed by atoms with Crippen molar-refractivity contribution < 1.29 is 22.4 Å². The molecule has 0 aliphatic rings. The van der Waals surface area contributed by atoms with Crippen LogP contribution in [0.4, 0.5) is 0 Å². The Labute approximate surface area is 139 Å². The Morgan fingerprint density at radius 2 is 1.67 bits per heavy atom. The monoisotopic (exact) mass is 351 g/mol. The Bertz CT molecular complexity index is 840. The fraction of sp³-hybridized carbons (Fsp3) is 0.200. The van der Waals surface area contributed by atoms with Crippen molar-refractivity contribution in [3.05, 3.63) is 53.5 Å². The summed E-state index contributed by atoms with van der Waals surface area (Å²) < 4.78 is 31.0. The number of benzene rings is 1. The van der Waals surface area contributed by atoms with Gasteiger partial charge in [-0.1, -0.05) is 6.92 Å². The molecule has 128 valence electrons. The predicted molar refractivity (Wildman–Crippen MR) is 85.7 cm³/mol. The highest BCUT2D eigenvalue weighted by Crippen LogP contribution is 2.11. The van der Waals surface area contributed by atoms with Gasteiger partial charge >= 0.3 is 0 Å². The minimum absolute atomic E-state index is 0.0546. The van der Waals surface area contributed by atoms with Gasteiger partial charge in [-0.15, -0.1) is 0 Å². The van der Waals surface area contributed by atoms with E-state index >= 15 is 0 Å². The zero-order chi connectivity index (χ0) is 17.7. The standard InChI is InChI=1S/C15H17N3O5S/c1-3-16-24(21,22)12-6-4-11(5-7-12)14(19)17-18-15(20)13-8-9-23-10(13)2/h4-9,16H,3H2,1-2H3,(H,17,19)(H,18,20). The van der Waals surface area contributed by atoms with E-state index in [1.54, 1.807) is 13.8 Å². The van der Waals surface area contributed by atoms with Crippen molar-refractivity contribution >= 4 is 21.8 Å². The van der Waals surface area contributed by atoms with Crippen LogP contribution in [0.2, 0.25) is 0 Å². The first-order chi connectivity index (χ1) is 11.3. The van der Waals surface area contributed by atoms with Crippen molar-refractivity contribution in [3.8, 4) is 0 Å². The molecule has 2 aromatic rings. The third-order valence-corrected chi connectivity index (χ3v) is 4.72. The van der Waals surface area contributed by atoms with E-state index in [0.29, 0.717) is 11.3 Å². The van der Waals surface area contributed by atoms with E-state index in [2.05, 4.69) is 15.6 Å². The summed E-state index contributed by atoms with van der Waals surface area (Å²) in [7, 11) is -3.57. The second-order valence-corrected chi connectivity index (χ2v) is 6.59. The van der Waals surface area contributed by atoms with Crippen LogP contribution in [-0.2, 0) is 10.0 Å². The van der Waals surface area contributed by atoms with Crippen LogP contribution < -0.4 is 15.6 Å². The van der Waals surface area contributed by atoms with Crippen LogP contribution in [0.25, 0.3) is 0 Å². The van der Waals surface area contributed by atoms with Crippen molar-refractivity contribution in [2.24, 2.45) is 0 Å². The number of amides is 2. The first kappa shape index (κ1) is 17.7. The van der Waals surface area contributed by atoms with Gasteiger partial charge in [0.25, 0.3) is 11.8 Å². The second-order valence-electron chi connectivity index (χ2n) is 4.82. The molecule has 0 atom stereocenters. The average molecular weight is 351 g/mol. The molecule has 0 saturated heterocycles. The largest absolute Gasteiger partial charge is 0.469 e. The maximum Gasteiger partial charge on any atom is 0.273 e. The Hall–Kier alpha value is -2.65. The highest BCUT2D eigenvalue weighted by molar-refractivity contribution is 7.89. The quantitative estimate of drug-likeness (QED) is 0.694. The molecular weight excluding hydrogens is 334 g/mol. The van der Waals surface area contributed by atoms with E-state index in [-0.39, 0.29) is 17.0 Å². The maximum atomic E-state index is 12.0. The Morgan fingerprint density at radius 3 is 2.21 bits per heavy atom. The summed E-state index contributed by atoms with van der Waals surface area (Å²) in [5.74, 6) is -0.655. The summed E-state index contributed by atoms with van der Waals surface area (Å²) >= 11 is 0. The third-order valence-electron chi connectivity index (χ3n) is 3.15. The van der Waals surface area contributed by atoms with E-state index in [1.165, 1.54) is 36.6 Å². The molecule has 1 aromatic heterocycles. The molecule has 8 nitrogen and oxygen atoms in total. The van der Waals surface area contributed by atoms with Gasteiger partial charge in [-0.25, -0.2) is 13.1 Å². The van der Waals surface area contributed by atoms with Gasteiger partial charge in [0.05, 0.1) is 16.7 Å². The summed E-state index contributed by atoms with van der Waals surface area (Å²) in [6, 6.07) is 6.82. The van der Waals surface area contributed by atoms with E-state index in [1.807, 2.05) is 0 Å². The molecule has 0 fully saturated rings. The molecule has 0 bridgehead atoms. The number of sulfonamides is 1. The summed E-state index contributed by atoms with van der Waals surface area (Å²) in [6.45, 7) is 3.56. The van der Waals surface area contributed by atoms with Crippen LogP contribution in [0.15, 0.2) is 45.9 Å². The number of rotatable bonds is 5. The topological polar surface area (TPSA) is 118 Å². The minimum Gasteiger partial charge on any atom is -0.469 e. The number of aryl methyl sites for hydroxylation is 1. The fourth-order valence-electron chi connectivity index (χ4n) is 1.93. The number of hydrogen-bond acceptors (Lipinski definition) is 5. The van der Waals surface area contributed by atoms with Crippen molar-refractivity contribution in [1.82, 2.24) is 15.6 Å². The van der Waals surface area contributed by atoms with Crippen molar-refractivity contribution in [2.75, 3.05) is 6.54 Å². The zero-order valence-electron chi connectivity index (χ0n) is 13.1. The molecule has 2 amide bonds. The molecule has 0 saturated carbocycles. The first-order valence-electron chi connectivity index (χ1n) is 7.09. The lowest BCUT2D eigenvalue weighted by molar-refractivity contribution is 0.0845. The van der Waals surface area contributed by atoms with E-state index in [4.69, 9.17) is 4.42 Å². The van der Waals surface area contributed by atoms with E-state index < -0.39 is 21.8 Å². The van der Waals surface area contributed by atoms with Gasteiger partial charge in [0.15, 0.2) is 0 Å². The van der Waals surface area contributed by atoms with Crippen LogP contribution in [-0.4, -0.2) is 26.8 Å². The molecular formula is C15H17N3O5S. The SMILES string of the molecule is CCNS(=O)(=O)c1ccc(C(=O)NNC(=O)c2ccoc2C)cc1. The summed E-state index contributed by atoms with van der Waals surface area (Å²) in [5, 5.41) is 0. The van der Waals surface area contributed by atoms with Gasteiger partial charge in [0, 0.05) is 12.1 Å². The van der Waals surface area contributed by atoms with Gasteiger partial charge in [0.2, 0.25) is 10.0 Å². The molecule has 0 unspecified atom stereocenters. The molecule has 9 heteroatoms. The Morgan fingerprint density at radius 1 is 1.04 bits per heavy atom. The molecule has 24 heavy (non-hydrogen) atoms.